The van der Waals surface area contributed by atoms with Crippen molar-refractivity contribution < 1.29 is 0 Å². The predicted molar refractivity (Wildman–Crippen MR) is 109 cm³/mol. The van der Waals surface area contributed by atoms with E-state index in [0.717, 1.165) is 33.5 Å². The molecule has 128 valence electrons. The molecule has 0 radical (unpaired) electrons. The van der Waals surface area contributed by atoms with Gasteiger partial charge in [-0.15, -0.1) is 10.2 Å². The fourth-order valence-corrected chi connectivity index (χ4v) is 3.28. The number of para-hydroxylation sites is 1. The van der Waals surface area contributed by atoms with Crippen LogP contribution < -0.4 is 0 Å². The number of nitrogens with zero attached hydrogens (tertiary/aromatic N) is 4. The Bertz CT molecular complexity index is 1260. The average molecular weight is 348 g/mol. The molecule has 2 heterocycles. The zero-order chi connectivity index (χ0) is 18.1. The first-order valence-electron chi connectivity index (χ1n) is 8.82. The first-order valence-corrected chi connectivity index (χ1v) is 8.82. The Kier molecular flexibility index (Phi) is 3.72. The van der Waals surface area contributed by atoms with E-state index in [-0.39, 0.29) is 0 Å². The van der Waals surface area contributed by atoms with Gasteiger partial charge in [0.15, 0.2) is 5.82 Å². The van der Waals surface area contributed by atoms with E-state index in [2.05, 4.69) is 46.6 Å². The molecule has 4 heteroatoms. The van der Waals surface area contributed by atoms with Gasteiger partial charge < -0.3 is 0 Å². The molecule has 3 aromatic carbocycles. The van der Waals surface area contributed by atoms with Gasteiger partial charge in [-0.05, 0) is 17.7 Å². The maximum absolute atomic E-state index is 4.80. The summed E-state index contributed by atoms with van der Waals surface area (Å²) in [4.78, 5) is 4.80. The molecule has 2 aromatic heterocycles. The Morgan fingerprint density at radius 1 is 0.667 bits per heavy atom. The molecule has 0 unspecified atom stereocenters. The highest BCUT2D eigenvalue weighted by Gasteiger charge is 2.13. The smallest absolute Gasteiger partial charge is 0.256 e. The van der Waals surface area contributed by atoms with Crippen LogP contribution in [0.25, 0.3) is 40.1 Å². The summed E-state index contributed by atoms with van der Waals surface area (Å²) in [6.07, 6.45) is 4.02. The van der Waals surface area contributed by atoms with Gasteiger partial charge in [0.05, 0.1) is 11.2 Å². The maximum atomic E-state index is 4.80. The summed E-state index contributed by atoms with van der Waals surface area (Å²) in [6.45, 7) is 0. The van der Waals surface area contributed by atoms with Gasteiger partial charge in [0.25, 0.3) is 5.78 Å². The van der Waals surface area contributed by atoms with E-state index in [0.29, 0.717) is 5.78 Å². The molecule has 5 aromatic rings. The zero-order valence-electron chi connectivity index (χ0n) is 14.5. The highest BCUT2D eigenvalue weighted by Crippen LogP contribution is 2.28. The van der Waals surface area contributed by atoms with E-state index in [4.69, 9.17) is 4.98 Å². The van der Waals surface area contributed by atoms with Crippen molar-refractivity contribution in [2.24, 2.45) is 0 Å². The number of hydrogen-bond donors (Lipinski definition) is 0. The van der Waals surface area contributed by atoms with Gasteiger partial charge in [-0.2, -0.15) is 0 Å². The fourth-order valence-electron chi connectivity index (χ4n) is 3.28. The minimum atomic E-state index is 0.597. The highest BCUT2D eigenvalue weighted by atomic mass is 15.3. The molecular formula is C23H16N4. The molecule has 0 atom stereocenters. The van der Waals surface area contributed by atoms with Crippen LogP contribution in [0.15, 0.2) is 84.9 Å². The van der Waals surface area contributed by atoms with Crippen molar-refractivity contribution >= 4 is 28.8 Å². The second-order valence-corrected chi connectivity index (χ2v) is 6.28. The minimum absolute atomic E-state index is 0.597. The molecule has 0 aliphatic rings. The third-order valence-electron chi connectivity index (χ3n) is 4.55. The summed E-state index contributed by atoms with van der Waals surface area (Å²) in [5.74, 6) is 1.36. The number of fused-ring (bicyclic) bond motifs is 3. The van der Waals surface area contributed by atoms with Gasteiger partial charge in [0, 0.05) is 10.9 Å². The Balaban J connectivity index is 1.73. The Morgan fingerprint density at radius 2 is 1.37 bits per heavy atom. The Morgan fingerprint density at radius 3 is 2.19 bits per heavy atom. The molecule has 0 saturated heterocycles. The lowest BCUT2D eigenvalue weighted by molar-refractivity contribution is 1.08. The molecule has 4 nitrogen and oxygen atoms in total. The lowest BCUT2D eigenvalue weighted by Gasteiger charge is -2.08. The third-order valence-corrected chi connectivity index (χ3v) is 4.55. The van der Waals surface area contributed by atoms with E-state index in [9.17, 15) is 0 Å². The summed E-state index contributed by atoms with van der Waals surface area (Å²) in [5.41, 5.74) is 4.15. The summed E-state index contributed by atoms with van der Waals surface area (Å²) < 4.78 is 2.00. The molecule has 27 heavy (non-hydrogen) atoms. The van der Waals surface area contributed by atoms with Crippen molar-refractivity contribution in [1.82, 2.24) is 19.6 Å². The van der Waals surface area contributed by atoms with Crippen molar-refractivity contribution in [3.8, 4) is 11.3 Å². The van der Waals surface area contributed by atoms with Gasteiger partial charge in [0.1, 0.15) is 0 Å². The first-order chi connectivity index (χ1) is 13.4. The average Bonchev–Trinajstić information content (AvgIpc) is 3.16. The number of aromatic nitrogens is 4. The van der Waals surface area contributed by atoms with Crippen molar-refractivity contribution in [3.63, 3.8) is 0 Å². The van der Waals surface area contributed by atoms with Crippen LogP contribution in [-0.4, -0.2) is 19.6 Å². The van der Waals surface area contributed by atoms with Crippen molar-refractivity contribution in [1.29, 1.82) is 0 Å². The molecule has 0 bridgehead atoms. The quantitative estimate of drug-likeness (QED) is 0.455. The lowest BCUT2D eigenvalue weighted by atomic mass is 10.1. The monoisotopic (exact) mass is 348 g/mol. The molecule has 0 aliphatic heterocycles. The summed E-state index contributed by atoms with van der Waals surface area (Å²) in [6, 6.07) is 28.6. The van der Waals surface area contributed by atoms with E-state index in [1.807, 2.05) is 65.1 Å². The zero-order valence-corrected chi connectivity index (χ0v) is 14.5. The first kappa shape index (κ1) is 15.5. The van der Waals surface area contributed by atoms with Crippen LogP contribution in [0.1, 0.15) is 11.4 Å². The normalized spacial score (nSPS) is 11.6. The summed E-state index contributed by atoms with van der Waals surface area (Å²) in [7, 11) is 0. The molecule has 0 saturated carbocycles. The van der Waals surface area contributed by atoms with Gasteiger partial charge in [0.2, 0.25) is 0 Å². The Hall–Kier alpha value is -3.79. The topological polar surface area (TPSA) is 43.1 Å². The standard InChI is InChI=1S/C23H16N4/c1-3-9-17(10-4-1)15-16-21-25-26-23-24-22(18-11-5-2-6-12-18)19-13-7-8-14-20(19)27(21)23/h1-16H/b16-15+. The van der Waals surface area contributed by atoms with E-state index in [1.165, 1.54) is 0 Å². The predicted octanol–water partition coefficient (Wildman–Crippen LogP) is 5.11. The molecule has 0 fully saturated rings. The van der Waals surface area contributed by atoms with Crippen LogP contribution in [0.4, 0.5) is 0 Å². The molecule has 0 spiro atoms. The van der Waals surface area contributed by atoms with Crippen LogP contribution in [-0.2, 0) is 0 Å². The van der Waals surface area contributed by atoms with Gasteiger partial charge >= 0.3 is 0 Å². The van der Waals surface area contributed by atoms with Gasteiger partial charge in [-0.25, -0.2) is 4.98 Å². The second-order valence-electron chi connectivity index (χ2n) is 6.28. The van der Waals surface area contributed by atoms with E-state index < -0.39 is 0 Å². The summed E-state index contributed by atoms with van der Waals surface area (Å²) in [5, 5.41) is 9.75. The van der Waals surface area contributed by atoms with Crippen molar-refractivity contribution in [2.45, 2.75) is 0 Å². The Labute approximate surface area is 156 Å². The van der Waals surface area contributed by atoms with Crippen LogP contribution in [0.5, 0.6) is 0 Å². The number of hydrogen-bond acceptors (Lipinski definition) is 3. The molecule has 0 aliphatic carbocycles. The van der Waals surface area contributed by atoms with Crippen LogP contribution in [0, 0.1) is 0 Å². The molecular weight excluding hydrogens is 332 g/mol. The lowest BCUT2D eigenvalue weighted by Crippen LogP contribution is -1.97. The summed E-state index contributed by atoms with van der Waals surface area (Å²) >= 11 is 0. The number of rotatable bonds is 3. The molecule has 0 amide bonds. The van der Waals surface area contributed by atoms with Gasteiger partial charge in [-0.1, -0.05) is 84.9 Å². The highest BCUT2D eigenvalue weighted by molar-refractivity contribution is 5.94. The van der Waals surface area contributed by atoms with E-state index in [1.54, 1.807) is 0 Å². The van der Waals surface area contributed by atoms with Crippen LogP contribution in [0.2, 0.25) is 0 Å². The van der Waals surface area contributed by atoms with Crippen molar-refractivity contribution in [3.05, 3.63) is 96.3 Å². The SMILES string of the molecule is C(=C\c1nnc2nc(-c3ccccc3)c3ccccc3n12)/c1ccccc1. The third kappa shape index (κ3) is 2.77. The van der Waals surface area contributed by atoms with Crippen molar-refractivity contribution in [2.75, 3.05) is 0 Å². The fraction of sp³-hybridized carbons (Fsp3) is 0. The molecule has 0 N–H and O–H groups in total. The second kappa shape index (κ2) is 6.50. The maximum Gasteiger partial charge on any atom is 0.256 e. The van der Waals surface area contributed by atoms with Gasteiger partial charge in [-0.3, -0.25) is 4.40 Å². The van der Waals surface area contributed by atoms with E-state index >= 15 is 0 Å². The molecule has 5 rings (SSSR count). The number of benzene rings is 3. The largest absolute Gasteiger partial charge is 0.259 e. The minimum Gasteiger partial charge on any atom is -0.259 e. The van der Waals surface area contributed by atoms with Crippen LogP contribution in [0.3, 0.4) is 0 Å². The van der Waals surface area contributed by atoms with Crippen LogP contribution >= 0.6 is 0 Å².